The molecule has 0 saturated carbocycles. The van der Waals surface area contributed by atoms with Gasteiger partial charge in [-0.05, 0) is 25.1 Å². The van der Waals surface area contributed by atoms with Crippen LogP contribution >= 0.6 is 0 Å². The summed E-state index contributed by atoms with van der Waals surface area (Å²) < 4.78 is 13.7. The Hall–Kier alpha value is -3.72. The first-order valence-electron chi connectivity index (χ1n) is 10.6. The first-order chi connectivity index (χ1) is 15.6. The van der Waals surface area contributed by atoms with Crippen molar-refractivity contribution in [1.29, 1.82) is 0 Å². The van der Waals surface area contributed by atoms with Gasteiger partial charge in [0.05, 0.1) is 18.4 Å². The predicted octanol–water partition coefficient (Wildman–Crippen LogP) is 3.55. The zero-order chi connectivity index (χ0) is 22.1. The molecular formula is C23H25N7O2. The van der Waals surface area contributed by atoms with Crippen LogP contribution in [0.25, 0.3) is 22.0 Å². The minimum atomic E-state index is -0.0635. The van der Waals surface area contributed by atoms with E-state index in [4.69, 9.17) is 14.6 Å². The molecule has 0 aliphatic carbocycles. The maximum Gasteiger partial charge on any atom is 0.215 e. The van der Waals surface area contributed by atoms with Gasteiger partial charge in [0.25, 0.3) is 0 Å². The van der Waals surface area contributed by atoms with Crippen LogP contribution in [0.4, 0.5) is 17.5 Å². The van der Waals surface area contributed by atoms with Crippen molar-refractivity contribution < 1.29 is 9.47 Å². The third-order valence-electron chi connectivity index (χ3n) is 5.47. The number of hydrogen-bond donors (Lipinski definition) is 2. The standard InChI is InChI=1S/C23H25N7O2/c1-14-13-32-22-6-4-5-20(28-22)27-21-10-16-17(11-26-23(24-2)18(16)12-25-21)19-9-15(7-8-31-14)30(3)29-19/h4-6,9-12,14H,7-8,13H2,1-3H3,(H,24,26)(H,25,27,28). The van der Waals surface area contributed by atoms with Crippen molar-refractivity contribution in [3.63, 3.8) is 0 Å². The van der Waals surface area contributed by atoms with Crippen molar-refractivity contribution in [1.82, 2.24) is 24.7 Å². The molecule has 9 nitrogen and oxygen atoms in total. The summed E-state index contributed by atoms with van der Waals surface area (Å²) in [5.74, 6) is 2.63. The van der Waals surface area contributed by atoms with Gasteiger partial charge in [0.15, 0.2) is 0 Å². The highest BCUT2D eigenvalue weighted by Gasteiger charge is 2.15. The second-order valence-electron chi connectivity index (χ2n) is 7.76. The van der Waals surface area contributed by atoms with Gasteiger partial charge in [-0.25, -0.2) is 9.97 Å². The summed E-state index contributed by atoms with van der Waals surface area (Å²) in [6.45, 7) is 2.98. The van der Waals surface area contributed by atoms with Crippen LogP contribution in [0.3, 0.4) is 0 Å². The van der Waals surface area contributed by atoms with E-state index >= 15 is 0 Å². The molecular weight excluding hydrogens is 406 g/mol. The number of hydrogen-bond acceptors (Lipinski definition) is 8. The maximum absolute atomic E-state index is 5.95. The van der Waals surface area contributed by atoms with Crippen molar-refractivity contribution in [3.05, 3.63) is 48.4 Å². The first kappa shape index (κ1) is 20.2. The fourth-order valence-corrected chi connectivity index (χ4v) is 3.79. The fourth-order valence-electron chi connectivity index (χ4n) is 3.79. The second-order valence-corrected chi connectivity index (χ2v) is 7.76. The second kappa shape index (κ2) is 8.43. The van der Waals surface area contributed by atoms with Crippen LogP contribution in [0.1, 0.15) is 12.6 Å². The van der Waals surface area contributed by atoms with Gasteiger partial charge >= 0.3 is 0 Å². The lowest BCUT2D eigenvalue weighted by Gasteiger charge is -2.14. The van der Waals surface area contributed by atoms with Gasteiger partial charge in [0.1, 0.15) is 24.1 Å². The Morgan fingerprint density at radius 3 is 2.91 bits per heavy atom. The van der Waals surface area contributed by atoms with E-state index in [-0.39, 0.29) is 6.10 Å². The monoisotopic (exact) mass is 431 g/mol. The Balaban J connectivity index is 1.65. The summed E-state index contributed by atoms with van der Waals surface area (Å²) in [6, 6.07) is 9.70. The van der Waals surface area contributed by atoms with E-state index < -0.39 is 0 Å². The highest BCUT2D eigenvalue weighted by molar-refractivity contribution is 6.02. The third-order valence-corrected chi connectivity index (χ3v) is 5.47. The summed E-state index contributed by atoms with van der Waals surface area (Å²) in [4.78, 5) is 13.7. The number of aryl methyl sites for hydroxylation is 1. The highest BCUT2D eigenvalue weighted by atomic mass is 16.5. The van der Waals surface area contributed by atoms with Crippen molar-refractivity contribution in [2.75, 3.05) is 30.9 Å². The van der Waals surface area contributed by atoms with Crippen molar-refractivity contribution in [3.8, 4) is 17.1 Å². The first-order valence-corrected chi connectivity index (χ1v) is 10.6. The molecule has 164 valence electrons. The number of ether oxygens (including phenoxy) is 2. The normalized spacial score (nSPS) is 16.3. The lowest BCUT2D eigenvalue weighted by Crippen LogP contribution is -2.20. The molecule has 1 atom stereocenters. The summed E-state index contributed by atoms with van der Waals surface area (Å²) in [5, 5.41) is 13.1. The fraction of sp³-hybridized carbons (Fsp3) is 0.304. The Kier molecular flexibility index (Phi) is 5.32. The molecule has 0 fully saturated rings. The molecule has 1 aliphatic heterocycles. The lowest BCUT2D eigenvalue weighted by molar-refractivity contribution is 0.0323. The average molecular weight is 432 g/mol. The zero-order valence-electron chi connectivity index (χ0n) is 18.3. The van der Waals surface area contributed by atoms with Gasteiger partial charge in [0, 0.05) is 61.0 Å². The van der Waals surface area contributed by atoms with Crippen LogP contribution in [0.2, 0.25) is 0 Å². The topological polar surface area (TPSA) is 99.0 Å². The van der Waals surface area contributed by atoms with Gasteiger partial charge in [-0.3, -0.25) is 4.68 Å². The molecule has 4 aromatic heterocycles. The molecule has 1 unspecified atom stereocenters. The molecule has 0 radical (unpaired) electrons. The van der Waals surface area contributed by atoms with E-state index in [1.165, 1.54) is 0 Å². The smallest absolute Gasteiger partial charge is 0.215 e. The van der Waals surface area contributed by atoms with Gasteiger partial charge in [-0.1, -0.05) is 6.07 Å². The maximum atomic E-state index is 5.95. The molecule has 4 aromatic rings. The van der Waals surface area contributed by atoms with Gasteiger partial charge < -0.3 is 20.1 Å². The van der Waals surface area contributed by atoms with E-state index in [0.717, 1.165) is 40.0 Å². The number of nitrogens with zero attached hydrogens (tertiary/aromatic N) is 5. The molecule has 0 saturated heterocycles. The Morgan fingerprint density at radius 1 is 1.12 bits per heavy atom. The molecule has 9 heteroatoms. The van der Waals surface area contributed by atoms with Crippen LogP contribution in [0, 0.1) is 0 Å². The van der Waals surface area contributed by atoms with Crippen LogP contribution < -0.4 is 15.4 Å². The molecule has 5 heterocycles. The predicted molar refractivity (Wildman–Crippen MR) is 123 cm³/mol. The molecule has 0 spiro atoms. The third kappa shape index (κ3) is 3.94. The number of fused-ring (bicyclic) bond motifs is 6. The van der Waals surface area contributed by atoms with E-state index in [1.807, 2.05) is 62.4 Å². The minimum Gasteiger partial charge on any atom is -0.475 e. The minimum absolute atomic E-state index is 0.0635. The molecule has 2 N–H and O–H groups in total. The van der Waals surface area contributed by atoms with E-state index in [0.29, 0.717) is 30.7 Å². The van der Waals surface area contributed by atoms with Crippen molar-refractivity contribution in [2.24, 2.45) is 7.05 Å². The van der Waals surface area contributed by atoms with E-state index in [2.05, 4.69) is 31.7 Å². The number of aromatic nitrogens is 5. The number of anilines is 3. The van der Waals surface area contributed by atoms with Gasteiger partial charge in [0.2, 0.25) is 5.88 Å². The Morgan fingerprint density at radius 2 is 2.03 bits per heavy atom. The number of nitrogens with one attached hydrogen (secondary N) is 2. The van der Waals surface area contributed by atoms with Gasteiger partial charge in [-0.15, -0.1) is 0 Å². The Bertz CT molecular complexity index is 1270. The SMILES string of the molecule is CNc1ncc2c3cc(ncc13)Nc1cccc(n1)OCC(C)OCCc1cc-2nn1C. The van der Waals surface area contributed by atoms with E-state index in [9.17, 15) is 0 Å². The lowest BCUT2D eigenvalue weighted by atomic mass is 10.1. The van der Waals surface area contributed by atoms with E-state index in [1.54, 1.807) is 0 Å². The highest BCUT2D eigenvalue weighted by Crippen LogP contribution is 2.33. The molecule has 6 bridgehead atoms. The number of pyridine rings is 3. The van der Waals surface area contributed by atoms with Gasteiger partial charge in [-0.2, -0.15) is 10.1 Å². The zero-order valence-corrected chi connectivity index (χ0v) is 18.3. The van der Waals surface area contributed by atoms with Crippen LogP contribution in [0.15, 0.2) is 42.7 Å². The molecule has 5 rings (SSSR count). The number of rotatable bonds is 1. The summed E-state index contributed by atoms with van der Waals surface area (Å²) in [5.41, 5.74) is 2.89. The summed E-state index contributed by atoms with van der Waals surface area (Å²) in [6.07, 6.45) is 4.35. The largest absolute Gasteiger partial charge is 0.475 e. The van der Waals surface area contributed by atoms with Crippen molar-refractivity contribution in [2.45, 2.75) is 19.4 Å². The van der Waals surface area contributed by atoms with Crippen molar-refractivity contribution >= 4 is 28.2 Å². The average Bonchev–Trinajstić information content (AvgIpc) is 3.16. The Labute approximate surface area is 185 Å². The molecule has 0 aromatic carbocycles. The molecule has 0 amide bonds. The molecule has 1 aliphatic rings. The van der Waals surface area contributed by atoms with Crippen LogP contribution in [-0.2, 0) is 18.2 Å². The quantitative estimate of drug-likeness (QED) is 0.472. The summed E-state index contributed by atoms with van der Waals surface area (Å²) >= 11 is 0. The van der Waals surface area contributed by atoms with Crippen LogP contribution in [0.5, 0.6) is 5.88 Å². The summed E-state index contributed by atoms with van der Waals surface area (Å²) in [7, 11) is 3.80. The van der Waals surface area contributed by atoms with Crippen LogP contribution in [-0.4, -0.2) is 51.1 Å². The molecule has 32 heavy (non-hydrogen) atoms.